The summed E-state index contributed by atoms with van der Waals surface area (Å²) in [6.07, 6.45) is 2.39. The summed E-state index contributed by atoms with van der Waals surface area (Å²) in [5.74, 6) is 0. The average Bonchev–Trinajstić information content (AvgIpc) is 3.19. The van der Waals surface area contributed by atoms with Crippen molar-refractivity contribution < 1.29 is 0 Å². The smallest absolute Gasteiger partial charge is 0.299 e. The maximum absolute atomic E-state index is 12.0. The molecular formula is C15H19N3O2S. The van der Waals surface area contributed by atoms with Gasteiger partial charge >= 0.3 is 5.69 Å². The Bertz CT molecular complexity index is 741. The molecule has 1 fully saturated rings. The van der Waals surface area contributed by atoms with Crippen molar-refractivity contribution in [3.05, 3.63) is 55.0 Å². The molecule has 2 aromatic heterocycles. The summed E-state index contributed by atoms with van der Waals surface area (Å²) in [5, 5.41) is 4.23. The monoisotopic (exact) mass is 305 g/mol. The SMILES string of the molecule is Cn1c(CN(Cc2ccsc2)C2CC2)cc(=O)n(C)c1=O. The fourth-order valence-corrected chi connectivity index (χ4v) is 3.17. The molecule has 5 nitrogen and oxygen atoms in total. The fourth-order valence-electron chi connectivity index (χ4n) is 2.51. The summed E-state index contributed by atoms with van der Waals surface area (Å²) in [7, 11) is 3.24. The molecule has 6 heteroatoms. The largest absolute Gasteiger partial charge is 0.330 e. The molecule has 3 rings (SSSR count). The van der Waals surface area contributed by atoms with E-state index in [9.17, 15) is 9.59 Å². The molecule has 0 bridgehead atoms. The highest BCUT2D eigenvalue weighted by Gasteiger charge is 2.29. The lowest BCUT2D eigenvalue weighted by molar-refractivity contribution is 0.239. The molecule has 1 aliphatic rings. The van der Waals surface area contributed by atoms with Crippen LogP contribution in [0.25, 0.3) is 0 Å². The first-order valence-corrected chi connectivity index (χ1v) is 8.01. The first-order valence-electron chi connectivity index (χ1n) is 7.07. The Morgan fingerprint density at radius 1 is 1.24 bits per heavy atom. The normalized spacial score (nSPS) is 14.8. The molecular weight excluding hydrogens is 286 g/mol. The molecule has 1 aliphatic carbocycles. The summed E-state index contributed by atoms with van der Waals surface area (Å²) < 4.78 is 2.72. The van der Waals surface area contributed by atoms with Crippen LogP contribution in [0.4, 0.5) is 0 Å². The van der Waals surface area contributed by atoms with Crippen LogP contribution < -0.4 is 11.2 Å². The lowest BCUT2D eigenvalue weighted by Crippen LogP contribution is -2.39. The summed E-state index contributed by atoms with van der Waals surface area (Å²) in [5.41, 5.74) is 1.58. The second-order valence-electron chi connectivity index (χ2n) is 5.64. The number of rotatable bonds is 5. The summed E-state index contributed by atoms with van der Waals surface area (Å²) in [6.45, 7) is 1.51. The second kappa shape index (κ2) is 5.61. The summed E-state index contributed by atoms with van der Waals surface area (Å²) >= 11 is 1.69. The first kappa shape index (κ1) is 14.3. The van der Waals surface area contributed by atoms with Crippen molar-refractivity contribution in [2.75, 3.05) is 0 Å². The van der Waals surface area contributed by atoms with E-state index in [1.54, 1.807) is 29.0 Å². The van der Waals surface area contributed by atoms with Crippen LogP contribution in [0.3, 0.4) is 0 Å². The minimum atomic E-state index is -0.260. The van der Waals surface area contributed by atoms with Crippen LogP contribution in [0, 0.1) is 0 Å². The van der Waals surface area contributed by atoms with Crippen molar-refractivity contribution >= 4 is 11.3 Å². The Balaban J connectivity index is 1.86. The Hall–Kier alpha value is -1.66. The second-order valence-corrected chi connectivity index (χ2v) is 6.42. The van der Waals surface area contributed by atoms with Gasteiger partial charge in [-0.25, -0.2) is 4.79 Å². The number of hydrogen-bond donors (Lipinski definition) is 0. The van der Waals surface area contributed by atoms with Gasteiger partial charge in [0.1, 0.15) is 0 Å². The van der Waals surface area contributed by atoms with E-state index >= 15 is 0 Å². The molecule has 0 radical (unpaired) electrons. The average molecular weight is 305 g/mol. The minimum Gasteiger partial charge on any atom is -0.299 e. The van der Waals surface area contributed by atoms with Crippen molar-refractivity contribution in [2.24, 2.45) is 14.1 Å². The van der Waals surface area contributed by atoms with Crippen molar-refractivity contribution in [2.45, 2.75) is 32.0 Å². The topological polar surface area (TPSA) is 47.2 Å². The molecule has 0 saturated heterocycles. The summed E-state index contributed by atoms with van der Waals surface area (Å²) in [4.78, 5) is 26.2. The van der Waals surface area contributed by atoms with E-state index in [-0.39, 0.29) is 11.2 Å². The molecule has 2 aromatic rings. The van der Waals surface area contributed by atoms with Crippen LogP contribution in [0.1, 0.15) is 24.1 Å². The van der Waals surface area contributed by atoms with Gasteiger partial charge < -0.3 is 0 Å². The molecule has 21 heavy (non-hydrogen) atoms. The van der Waals surface area contributed by atoms with Gasteiger partial charge in [0.25, 0.3) is 5.56 Å². The van der Waals surface area contributed by atoms with E-state index in [1.165, 1.54) is 25.5 Å². The Morgan fingerprint density at radius 2 is 2.00 bits per heavy atom. The number of nitrogens with zero attached hydrogens (tertiary/aromatic N) is 3. The Labute approximate surface area is 127 Å². The van der Waals surface area contributed by atoms with Crippen molar-refractivity contribution in [3.63, 3.8) is 0 Å². The first-order chi connectivity index (χ1) is 10.1. The third kappa shape index (κ3) is 3.01. The van der Waals surface area contributed by atoms with Crippen LogP contribution in [0.15, 0.2) is 32.5 Å². The third-order valence-electron chi connectivity index (χ3n) is 4.02. The van der Waals surface area contributed by atoms with Gasteiger partial charge in [0, 0.05) is 45.0 Å². The maximum Gasteiger partial charge on any atom is 0.330 e. The zero-order chi connectivity index (χ0) is 15.0. The van der Waals surface area contributed by atoms with E-state index < -0.39 is 0 Å². The summed E-state index contributed by atoms with van der Waals surface area (Å²) in [6, 6.07) is 4.28. The number of hydrogen-bond acceptors (Lipinski definition) is 4. The zero-order valence-corrected chi connectivity index (χ0v) is 13.1. The maximum atomic E-state index is 12.0. The van der Waals surface area contributed by atoms with Gasteiger partial charge in [-0.05, 0) is 35.2 Å². The van der Waals surface area contributed by atoms with Crippen LogP contribution >= 0.6 is 11.3 Å². The van der Waals surface area contributed by atoms with Crippen LogP contribution in [-0.2, 0) is 27.2 Å². The predicted molar refractivity (Wildman–Crippen MR) is 83.5 cm³/mol. The van der Waals surface area contributed by atoms with Gasteiger partial charge in [-0.1, -0.05) is 0 Å². The van der Waals surface area contributed by atoms with E-state index in [2.05, 4.69) is 21.7 Å². The van der Waals surface area contributed by atoms with Crippen LogP contribution in [0.2, 0.25) is 0 Å². The Morgan fingerprint density at radius 3 is 2.62 bits per heavy atom. The van der Waals surface area contributed by atoms with Gasteiger partial charge in [0.05, 0.1) is 0 Å². The van der Waals surface area contributed by atoms with Gasteiger partial charge in [0.15, 0.2) is 0 Å². The van der Waals surface area contributed by atoms with Crippen LogP contribution in [0.5, 0.6) is 0 Å². The third-order valence-corrected chi connectivity index (χ3v) is 4.75. The number of thiophene rings is 1. The van der Waals surface area contributed by atoms with E-state index in [1.807, 2.05) is 0 Å². The molecule has 1 saturated carbocycles. The molecule has 0 spiro atoms. The number of aromatic nitrogens is 2. The highest BCUT2D eigenvalue weighted by molar-refractivity contribution is 7.07. The lowest BCUT2D eigenvalue weighted by Gasteiger charge is -2.22. The molecule has 2 heterocycles. The van der Waals surface area contributed by atoms with E-state index in [4.69, 9.17) is 0 Å². The highest BCUT2D eigenvalue weighted by atomic mass is 32.1. The molecule has 0 amide bonds. The van der Waals surface area contributed by atoms with Gasteiger partial charge in [-0.3, -0.25) is 18.8 Å². The standard InChI is InChI=1S/C15H19N3O2S/c1-16-13(7-14(19)17(2)15(16)20)9-18(12-3-4-12)8-11-5-6-21-10-11/h5-7,10,12H,3-4,8-9H2,1-2H3. The quantitative estimate of drug-likeness (QED) is 0.837. The van der Waals surface area contributed by atoms with Gasteiger partial charge in [-0.15, -0.1) is 0 Å². The zero-order valence-electron chi connectivity index (χ0n) is 12.3. The molecule has 0 aliphatic heterocycles. The molecule has 112 valence electrons. The molecule has 0 aromatic carbocycles. The highest BCUT2D eigenvalue weighted by Crippen LogP contribution is 2.29. The van der Waals surface area contributed by atoms with E-state index in [0.717, 1.165) is 16.8 Å². The molecule has 0 N–H and O–H groups in total. The van der Waals surface area contributed by atoms with E-state index in [0.29, 0.717) is 12.6 Å². The van der Waals surface area contributed by atoms with Gasteiger partial charge in [0.2, 0.25) is 0 Å². The van der Waals surface area contributed by atoms with Crippen molar-refractivity contribution in [1.29, 1.82) is 0 Å². The fraction of sp³-hybridized carbons (Fsp3) is 0.467. The van der Waals surface area contributed by atoms with Crippen LogP contribution in [-0.4, -0.2) is 20.1 Å². The predicted octanol–water partition coefficient (Wildman–Crippen LogP) is 1.31. The lowest BCUT2D eigenvalue weighted by atomic mass is 10.2. The van der Waals surface area contributed by atoms with Crippen molar-refractivity contribution in [3.8, 4) is 0 Å². The Kier molecular flexibility index (Phi) is 3.82. The molecule has 0 atom stereocenters. The molecule has 0 unspecified atom stereocenters. The van der Waals surface area contributed by atoms with Gasteiger partial charge in [-0.2, -0.15) is 11.3 Å². The van der Waals surface area contributed by atoms with Crippen molar-refractivity contribution in [1.82, 2.24) is 14.0 Å². The minimum absolute atomic E-state index is 0.237.